The highest BCUT2D eigenvalue weighted by Crippen LogP contribution is 2.39. The molecule has 1 N–H and O–H groups in total. The summed E-state index contributed by atoms with van der Waals surface area (Å²) in [6.45, 7) is 1.97. The molecule has 0 bridgehead atoms. The molecule has 22 heavy (non-hydrogen) atoms. The first-order chi connectivity index (χ1) is 10.4. The predicted octanol–water partition coefficient (Wildman–Crippen LogP) is 0.734. The summed E-state index contributed by atoms with van der Waals surface area (Å²) in [6, 6.07) is -0.534. The van der Waals surface area contributed by atoms with Crippen LogP contribution in [-0.2, 0) is 14.3 Å². The van der Waals surface area contributed by atoms with Crippen LogP contribution in [0.3, 0.4) is 0 Å². The molecule has 1 spiro atoms. The van der Waals surface area contributed by atoms with Crippen LogP contribution in [0.5, 0.6) is 0 Å². The lowest BCUT2D eigenvalue weighted by Crippen LogP contribution is -2.50. The lowest BCUT2D eigenvalue weighted by Gasteiger charge is -2.35. The van der Waals surface area contributed by atoms with E-state index < -0.39 is 5.54 Å². The number of methoxy groups -OCH3 is 1. The summed E-state index contributed by atoms with van der Waals surface area (Å²) in [5, 5.41) is 2.73. The van der Waals surface area contributed by atoms with Gasteiger partial charge in [-0.05, 0) is 19.8 Å². The number of likely N-dealkylation sites (N-methyl/N-ethyl adjacent to an activating group) is 1. The first-order valence-corrected chi connectivity index (χ1v) is 7.80. The van der Waals surface area contributed by atoms with Crippen molar-refractivity contribution in [1.82, 2.24) is 15.1 Å². The third-order valence-electron chi connectivity index (χ3n) is 4.61. The first kappa shape index (κ1) is 16.7. The number of carbonyl (C=O) groups excluding carboxylic acids is 3. The summed E-state index contributed by atoms with van der Waals surface area (Å²) in [7, 11) is 3.22. The van der Waals surface area contributed by atoms with Crippen LogP contribution in [0, 0.1) is 0 Å². The number of imide groups is 1. The van der Waals surface area contributed by atoms with E-state index in [-0.39, 0.29) is 30.4 Å². The molecular weight excluding hydrogens is 286 g/mol. The van der Waals surface area contributed by atoms with Gasteiger partial charge in [-0.1, -0.05) is 19.3 Å². The average molecular weight is 311 g/mol. The minimum Gasteiger partial charge on any atom is -0.383 e. The molecule has 1 atom stereocenters. The maximum absolute atomic E-state index is 12.7. The second-order valence-corrected chi connectivity index (χ2v) is 6.25. The molecule has 0 aromatic rings. The Labute approximate surface area is 131 Å². The molecule has 1 saturated carbocycles. The zero-order chi connectivity index (χ0) is 16.3. The van der Waals surface area contributed by atoms with E-state index in [1.54, 1.807) is 14.2 Å². The van der Waals surface area contributed by atoms with Crippen LogP contribution in [-0.4, -0.2) is 66.5 Å². The molecule has 7 heteroatoms. The fourth-order valence-electron chi connectivity index (χ4n) is 3.43. The van der Waals surface area contributed by atoms with Gasteiger partial charge in [0.25, 0.3) is 5.91 Å². The highest BCUT2D eigenvalue weighted by atomic mass is 16.5. The zero-order valence-corrected chi connectivity index (χ0v) is 13.6. The molecule has 0 aromatic heterocycles. The number of rotatable bonds is 5. The third-order valence-corrected chi connectivity index (χ3v) is 4.61. The van der Waals surface area contributed by atoms with Crippen molar-refractivity contribution in [1.29, 1.82) is 0 Å². The summed E-state index contributed by atoms with van der Waals surface area (Å²) < 4.78 is 4.95. The van der Waals surface area contributed by atoms with Gasteiger partial charge in [-0.15, -0.1) is 0 Å². The molecule has 1 aliphatic carbocycles. The van der Waals surface area contributed by atoms with Gasteiger partial charge in [0.05, 0.1) is 6.61 Å². The maximum Gasteiger partial charge on any atom is 0.327 e. The third kappa shape index (κ3) is 2.95. The Morgan fingerprint density at radius 3 is 2.55 bits per heavy atom. The van der Waals surface area contributed by atoms with Crippen molar-refractivity contribution in [2.24, 2.45) is 0 Å². The van der Waals surface area contributed by atoms with Crippen LogP contribution in [0.25, 0.3) is 0 Å². The van der Waals surface area contributed by atoms with Crippen LogP contribution >= 0.6 is 0 Å². The van der Waals surface area contributed by atoms with Crippen molar-refractivity contribution < 1.29 is 19.1 Å². The Kier molecular flexibility index (Phi) is 5.05. The lowest BCUT2D eigenvalue weighted by atomic mass is 9.81. The van der Waals surface area contributed by atoms with Crippen LogP contribution < -0.4 is 5.32 Å². The van der Waals surface area contributed by atoms with Crippen LogP contribution in [0.15, 0.2) is 0 Å². The molecule has 2 rings (SSSR count). The molecule has 0 radical (unpaired) electrons. The van der Waals surface area contributed by atoms with Crippen molar-refractivity contribution in [2.45, 2.75) is 50.6 Å². The summed E-state index contributed by atoms with van der Waals surface area (Å²) >= 11 is 0. The van der Waals surface area contributed by atoms with Crippen molar-refractivity contribution in [3.63, 3.8) is 0 Å². The van der Waals surface area contributed by atoms with E-state index in [0.29, 0.717) is 19.4 Å². The van der Waals surface area contributed by atoms with E-state index >= 15 is 0 Å². The molecule has 7 nitrogen and oxygen atoms in total. The summed E-state index contributed by atoms with van der Waals surface area (Å²) in [6.07, 6.45) is 4.34. The lowest BCUT2D eigenvalue weighted by molar-refractivity contribution is -0.137. The van der Waals surface area contributed by atoms with E-state index in [1.165, 1.54) is 4.90 Å². The Hall–Kier alpha value is -1.63. The summed E-state index contributed by atoms with van der Waals surface area (Å²) in [5.74, 6) is -0.568. The molecular formula is C15H25N3O4. The molecule has 4 amide bonds. The van der Waals surface area contributed by atoms with Gasteiger partial charge in [0.1, 0.15) is 12.1 Å². The van der Waals surface area contributed by atoms with Gasteiger partial charge in [0.15, 0.2) is 0 Å². The standard InChI is InChI=1S/C15H25N3O4/c1-11(10-22-3)16-12(19)9-18-13(20)15(17(2)14(18)21)7-5-4-6-8-15/h11H,4-10H2,1-3H3,(H,16,19). The van der Waals surface area contributed by atoms with Crippen LogP contribution in [0.1, 0.15) is 39.0 Å². The van der Waals surface area contributed by atoms with Crippen LogP contribution in [0.4, 0.5) is 4.79 Å². The number of nitrogens with one attached hydrogen (secondary N) is 1. The normalized spacial score (nSPS) is 22.3. The van der Waals surface area contributed by atoms with E-state index in [4.69, 9.17) is 4.74 Å². The Morgan fingerprint density at radius 2 is 1.95 bits per heavy atom. The fourth-order valence-corrected chi connectivity index (χ4v) is 3.43. The predicted molar refractivity (Wildman–Crippen MR) is 80.2 cm³/mol. The molecule has 1 saturated heterocycles. The number of amides is 4. The zero-order valence-electron chi connectivity index (χ0n) is 13.6. The van der Waals surface area contributed by atoms with E-state index in [0.717, 1.165) is 24.2 Å². The first-order valence-electron chi connectivity index (χ1n) is 7.80. The molecule has 1 unspecified atom stereocenters. The number of nitrogens with zero attached hydrogens (tertiary/aromatic N) is 2. The second kappa shape index (κ2) is 6.64. The van der Waals surface area contributed by atoms with E-state index in [2.05, 4.69) is 5.32 Å². The Bertz CT molecular complexity index is 460. The van der Waals surface area contributed by atoms with Gasteiger partial charge < -0.3 is 15.0 Å². The maximum atomic E-state index is 12.7. The summed E-state index contributed by atoms with van der Waals surface area (Å²) in [4.78, 5) is 39.7. The quantitative estimate of drug-likeness (QED) is 0.759. The van der Waals surface area contributed by atoms with Crippen molar-refractivity contribution in [3.8, 4) is 0 Å². The van der Waals surface area contributed by atoms with Gasteiger partial charge in [-0.3, -0.25) is 14.5 Å². The number of urea groups is 1. The van der Waals surface area contributed by atoms with Gasteiger partial charge in [-0.25, -0.2) is 4.79 Å². The Morgan fingerprint density at radius 1 is 1.32 bits per heavy atom. The minimum atomic E-state index is -0.728. The molecule has 0 aromatic carbocycles. The summed E-state index contributed by atoms with van der Waals surface area (Å²) in [5.41, 5.74) is -0.728. The van der Waals surface area contributed by atoms with Crippen molar-refractivity contribution >= 4 is 17.8 Å². The smallest absolute Gasteiger partial charge is 0.327 e. The second-order valence-electron chi connectivity index (χ2n) is 6.25. The molecule has 2 fully saturated rings. The van der Waals surface area contributed by atoms with Crippen molar-refractivity contribution in [3.05, 3.63) is 0 Å². The van der Waals surface area contributed by atoms with E-state index in [1.807, 2.05) is 6.92 Å². The number of ether oxygens (including phenoxy) is 1. The van der Waals surface area contributed by atoms with Gasteiger partial charge >= 0.3 is 6.03 Å². The topological polar surface area (TPSA) is 79.0 Å². The SMILES string of the molecule is COCC(C)NC(=O)CN1C(=O)N(C)C2(CCCCC2)C1=O. The highest BCUT2D eigenvalue weighted by Gasteiger charge is 2.55. The largest absolute Gasteiger partial charge is 0.383 e. The fraction of sp³-hybridized carbons (Fsp3) is 0.800. The average Bonchev–Trinajstić information content (AvgIpc) is 2.65. The van der Waals surface area contributed by atoms with Gasteiger partial charge in [-0.2, -0.15) is 0 Å². The van der Waals surface area contributed by atoms with E-state index in [9.17, 15) is 14.4 Å². The number of hydrogen-bond acceptors (Lipinski definition) is 4. The highest BCUT2D eigenvalue weighted by molar-refractivity contribution is 6.08. The molecule has 1 aliphatic heterocycles. The number of carbonyl (C=O) groups is 3. The number of hydrogen-bond donors (Lipinski definition) is 1. The Balaban J connectivity index is 2.04. The molecule has 1 heterocycles. The van der Waals surface area contributed by atoms with Crippen LogP contribution in [0.2, 0.25) is 0 Å². The monoisotopic (exact) mass is 311 g/mol. The molecule has 124 valence electrons. The van der Waals surface area contributed by atoms with Gasteiger partial charge in [0, 0.05) is 20.2 Å². The molecule has 2 aliphatic rings. The minimum absolute atomic E-state index is 0.160. The van der Waals surface area contributed by atoms with Crippen molar-refractivity contribution in [2.75, 3.05) is 27.3 Å². The van der Waals surface area contributed by atoms with Gasteiger partial charge in [0.2, 0.25) is 5.91 Å².